The van der Waals surface area contributed by atoms with Crippen molar-refractivity contribution in [1.82, 2.24) is 0 Å². The Kier molecular flexibility index (Phi) is 7.33. The lowest BCUT2D eigenvalue weighted by Gasteiger charge is -2.07. The molecule has 0 bridgehead atoms. The SMILES string of the molecule is C=C(OC(=O)c1ccccc1)c1ccc(C)cc1.C=Cc1ccc(C)cc1. The third kappa shape index (κ3) is 6.44. The minimum atomic E-state index is -0.388. The van der Waals surface area contributed by atoms with Gasteiger partial charge in [0.15, 0.2) is 0 Å². The minimum absolute atomic E-state index is 0.365. The van der Waals surface area contributed by atoms with E-state index in [1.54, 1.807) is 24.3 Å². The van der Waals surface area contributed by atoms with Crippen LogP contribution in [0.4, 0.5) is 0 Å². The molecule has 0 aliphatic rings. The molecule has 0 fully saturated rings. The van der Waals surface area contributed by atoms with Gasteiger partial charge in [-0.2, -0.15) is 0 Å². The fraction of sp³-hybridized carbons (Fsp3) is 0.0800. The predicted octanol–water partition coefficient (Wildman–Crippen LogP) is 6.46. The molecular weight excluding hydrogens is 332 g/mol. The molecule has 0 radical (unpaired) electrons. The van der Waals surface area contributed by atoms with Gasteiger partial charge >= 0.3 is 5.97 Å². The third-order valence-corrected chi connectivity index (χ3v) is 3.91. The number of hydrogen-bond acceptors (Lipinski definition) is 2. The van der Waals surface area contributed by atoms with E-state index in [1.807, 2.05) is 43.3 Å². The van der Waals surface area contributed by atoms with Crippen LogP contribution in [0.5, 0.6) is 0 Å². The number of esters is 1. The summed E-state index contributed by atoms with van der Waals surface area (Å²) in [6.07, 6.45) is 1.85. The highest BCUT2D eigenvalue weighted by molar-refractivity contribution is 5.92. The highest BCUT2D eigenvalue weighted by Crippen LogP contribution is 2.16. The molecular formula is C25H24O2. The molecule has 0 atom stereocenters. The molecule has 0 heterocycles. The van der Waals surface area contributed by atoms with Crippen molar-refractivity contribution in [2.45, 2.75) is 13.8 Å². The van der Waals surface area contributed by atoms with Crippen LogP contribution in [-0.2, 0) is 4.74 Å². The van der Waals surface area contributed by atoms with E-state index in [1.165, 1.54) is 11.1 Å². The first kappa shape index (κ1) is 19.9. The molecule has 0 amide bonds. The molecule has 2 heteroatoms. The average Bonchev–Trinajstić information content (AvgIpc) is 2.70. The fourth-order valence-corrected chi connectivity index (χ4v) is 2.25. The van der Waals surface area contributed by atoms with E-state index in [4.69, 9.17) is 4.74 Å². The van der Waals surface area contributed by atoms with Crippen LogP contribution in [0, 0.1) is 13.8 Å². The second kappa shape index (κ2) is 9.93. The van der Waals surface area contributed by atoms with Gasteiger partial charge in [-0.15, -0.1) is 0 Å². The lowest BCUT2D eigenvalue weighted by molar-refractivity contribution is 0.0693. The van der Waals surface area contributed by atoms with E-state index < -0.39 is 0 Å². The number of ether oxygens (including phenoxy) is 1. The Morgan fingerprint density at radius 3 is 1.81 bits per heavy atom. The van der Waals surface area contributed by atoms with Gasteiger partial charge in [0, 0.05) is 5.56 Å². The van der Waals surface area contributed by atoms with Gasteiger partial charge in [-0.1, -0.05) is 97.1 Å². The van der Waals surface area contributed by atoms with Crippen LogP contribution in [0.15, 0.2) is 92.0 Å². The maximum absolute atomic E-state index is 11.8. The van der Waals surface area contributed by atoms with Crippen molar-refractivity contribution < 1.29 is 9.53 Å². The zero-order valence-corrected chi connectivity index (χ0v) is 15.8. The Morgan fingerprint density at radius 2 is 1.30 bits per heavy atom. The molecule has 3 aromatic rings. The van der Waals surface area contributed by atoms with Crippen LogP contribution < -0.4 is 0 Å². The van der Waals surface area contributed by atoms with Gasteiger partial charge in [0.1, 0.15) is 5.76 Å². The predicted molar refractivity (Wildman–Crippen MR) is 113 cm³/mol. The zero-order valence-electron chi connectivity index (χ0n) is 15.8. The molecule has 0 unspecified atom stereocenters. The molecule has 3 rings (SSSR count). The van der Waals surface area contributed by atoms with Gasteiger partial charge in [0.2, 0.25) is 0 Å². The van der Waals surface area contributed by atoms with Crippen LogP contribution in [0.25, 0.3) is 11.8 Å². The Morgan fingerprint density at radius 1 is 0.778 bits per heavy atom. The first-order chi connectivity index (χ1) is 13.0. The maximum atomic E-state index is 11.8. The normalized spacial score (nSPS) is 9.56. The summed E-state index contributed by atoms with van der Waals surface area (Å²) in [7, 11) is 0. The van der Waals surface area contributed by atoms with Crippen molar-refractivity contribution in [2.24, 2.45) is 0 Å². The van der Waals surface area contributed by atoms with Crippen molar-refractivity contribution in [3.63, 3.8) is 0 Å². The quantitative estimate of drug-likeness (QED) is 0.396. The molecule has 136 valence electrons. The maximum Gasteiger partial charge on any atom is 0.343 e. The van der Waals surface area contributed by atoms with Gasteiger partial charge in [0.05, 0.1) is 5.56 Å². The molecule has 0 aliphatic carbocycles. The molecule has 0 spiro atoms. The van der Waals surface area contributed by atoms with Gasteiger partial charge in [-0.3, -0.25) is 0 Å². The summed E-state index contributed by atoms with van der Waals surface area (Å²) in [5.74, 6) is -0.0231. The minimum Gasteiger partial charge on any atom is -0.423 e. The summed E-state index contributed by atoms with van der Waals surface area (Å²) >= 11 is 0. The summed E-state index contributed by atoms with van der Waals surface area (Å²) in [6, 6.07) is 24.8. The Bertz CT molecular complexity index is 889. The van der Waals surface area contributed by atoms with E-state index in [9.17, 15) is 4.79 Å². The summed E-state index contributed by atoms with van der Waals surface area (Å²) in [6.45, 7) is 11.5. The van der Waals surface area contributed by atoms with Crippen LogP contribution in [-0.4, -0.2) is 5.97 Å². The molecule has 0 saturated carbocycles. The summed E-state index contributed by atoms with van der Waals surface area (Å²) < 4.78 is 5.23. The number of rotatable bonds is 4. The van der Waals surface area contributed by atoms with Crippen molar-refractivity contribution in [2.75, 3.05) is 0 Å². The Labute approximate surface area is 161 Å². The molecule has 27 heavy (non-hydrogen) atoms. The van der Waals surface area contributed by atoms with Crippen molar-refractivity contribution in [3.8, 4) is 0 Å². The van der Waals surface area contributed by atoms with Crippen molar-refractivity contribution in [1.29, 1.82) is 0 Å². The van der Waals surface area contributed by atoms with E-state index in [2.05, 4.69) is 44.3 Å². The van der Waals surface area contributed by atoms with E-state index in [0.717, 1.165) is 11.1 Å². The van der Waals surface area contributed by atoms with Gasteiger partial charge < -0.3 is 4.74 Å². The second-order valence-corrected chi connectivity index (χ2v) is 6.16. The van der Waals surface area contributed by atoms with Crippen LogP contribution in [0.2, 0.25) is 0 Å². The van der Waals surface area contributed by atoms with Crippen LogP contribution >= 0.6 is 0 Å². The van der Waals surface area contributed by atoms with Crippen molar-refractivity contribution >= 4 is 17.8 Å². The number of benzene rings is 3. The summed E-state index contributed by atoms with van der Waals surface area (Å²) in [5, 5.41) is 0. The smallest absolute Gasteiger partial charge is 0.343 e. The zero-order chi connectivity index (χ0) is 19.6. The lowest BCUT2D eigenvalue weighted by atomic mass is 10.1. The average molecular weight is 356 g/mol. The number of carbonyl (C=O) groups excluding carboxylic acids is 1. The first-order valence-electron chi connectivity index (χ1n) is 8.72. The van der Waals surface area contributed by atoms with Gasteiger partial charge in [0.25, 0.3) is 0 Å². The topological polar surface area (TPSA) is 26.3 Å². The molecule has 0 saturated heterocycles. The third-order valence-electron chi connectivity index (χ3n) is 3.91. The second-order valence-electron chi connectivity index (χ2n) is 6.16. The van der Waals surface area contributed by atoms with Gasteiger partial charge in [-0.25, -0.2) is 4.79 Å². The number of hydrogen-bond donors (Lipinski definition) is 0. The van der Waals surface area contributed by atoms with E-state index in [0.29, 0.717) is 11.3 Å². The summed E-state index contributed by atoms with van der Waals surface area (Å²) in [4.78, 5) is 11.8. The van der Waals surface area contributed by atoms with E-state index >= 15 is 0 Å². The van der Waals surface area contributed by atoms with E-state index in [-0.39, 0.29) is 5.97 Å². The lowest BCUT2D eigenvalue weighted by Crippen LogP contribution is -2.03. The molecule has 0 aromatic heterocycles. The first-order valence-corrected chi connectivity index (χ1v) is 8.72. The Balaban J connectivity index is 0.000000244. The Hall–Kier alpha value is -3.39. The monoisotopic (exact) mass is 356 g/mol. The fourth-order valence-electron chi connectivity index (χ4n) is 2.25. The van der Waals surface area contributed by atoms with Crippen LogP contribution in [0.1, 0.15) is 32.6 Å². The highest BCUT2D eigenvalue weighted by atomic mass is 16.5. The largest absolute Gasteiger partial charge is 0.423 e. The number of carbonyl (C=O) groups is 1. The standard InChI is InChI=1S/C16H14O2.C9H10/c1-12-8-10-14(11-9-12)13(2)18-16(17)15-6-4-3-5-7-15;1-3-9-6-4-8(2)5-7-9/h3-11H,2H2,1H3;3-7H,1H2,2H3. The number of aryl methyl sites for hydroxylation is 2. The van der Waals surface area contributed by atoms with Crippen LogP contribution in [0.3, 0.4) is 0 Å². The molecule has 3 aromatic carbocycles. The van der Waals surface area contributed by atoms with Gasteiger partial charge in [-0.05, 0) is 31.5 Å². The molecule has 0 aliphatic heterocycles. The molecule has 2 nitrogen and oxygen atoms in total. The highest BCUT2D eigenvalue weighted by Gasteiger charge is 2.09. The van der Waals surface area contributed by atoms with Crippen molar-refractivity contribution in [3.05, 3.63) is 120 Å². The summed E-state index contributed by atoms with van der Waals surface area (Å²) in [5.41, 5.74) is 4.96. The molecule has 0 N–H and O–H groups in total.